The van der Waals surface area contributed by atoms with Crippen molar-refractivity contribution in [1.29, 1.82) is 0 Å². The summed E-state index contributed by atoms with van der Waals surface area (Å²) in [5.74, 6) is 2.18. The Balaban J connectivity index is 2.45. The summed E-state index contributed by atoms with van der Waals surface area (Å²) < 4.78 is 0. The predicted molar refractivity (Wildman–Crippen MR) is 86.5 cm³/mol. The van der Waals surface area contributed by atoms with E-state index in [4.69, 9.17) is 11.6 Å². The number of nitrogens with zero attached hydrogens (tertiary/aromatic N) is 3. The summed E-state index contributed by atoms with van der Waals surface area (Å²) >= 11 is 6.04. The molecule has 0 unspecified atom stereocenters. The highest BCUT2D eigenvalue weighted by Gasteiger charge is 2.05. The minimum absolute atomic E-state index is 0.516. The third kappa shape index (κ3) is 6.53. The van der Waals surface area contributed by atoms with Crippen LogP contribution in [0.4, 0.5) is 5.82 Å². The molecule has 20 heavy (non-hydrogen) atoms. The molecule has 0 spiro atoms. The van der Waals surface area contributed by atoms with Gasteiger partial charge in [-0.2, -0.15) is 0 Å². The number of anilines is 1. The highest BCUT2D eigenvalue weighted by Crippen LogP contribution is 2.13. The Morgan fingerprint density at radius 1 is 1.25 bits per heavy atom. The Kier molecular flexibility index (Phi) is 7.85. The lowest BCUT2D eigenvalue weighted by Crippen LogP contribution is -2.25. The van der Waals surface area contributed by atoms with Gasteiger partial charge in [0.15, 0.2) is 0 Å². The molecule has 0 aliphatic rings. The van der Waals surface area contributed by atoms with Gasteiger partial charge < -0.3 is 10.2 Å². The van der Waals surface area contributed by atoms with Gasteiger partial charge in [0.25, 0.3) is 0 Å². The van der Waals surface area contributed by atoms with Crippen LogP contribution >= 0.6 is 11.6 Å². The van der Waals surface area contributed by atoms with Gasteiger partial charge in [0, 0.05) is 19.0 Å². The molecule has 1 aromatic heterocycles. The molecule has 1 aromatic rings. The average molecular weight is 299 g/mol. The Hall–Kier alpha value is -0.870. The van der Waals surface area contributed by atoms with Crippen LogP contribution < -0.4 is 5.32 Å². The molecule has 114 valence electrons. The van der Waals surface area contributed by atoms with Crippen LogP contribution in [0.1, 0.15) is 39.9 Å². The van der Waals surface area contributed by atoms with Crippen molar-refractivity contribution < 1.29 is 0 Å². The third-order valence-corrected chi connectivity index (χ3v) is 3.38. The maximum Gasteiger partial charge on any atom is 0.134 e. The molecular formula is C15H27ClN4. The van der Waals surface area contributed by atoms with Crippen LogP contribution in [0.3, 0.4) is 0 Å². The van der Waals surface area contributed by atoms with E-state index in [2.05, 4.69) is 47.9 Å². The van der Waals surface area contributed by atoms with Gasteiger partial charge in [0.1, 0.15) is 16.8 Å². The smallest absolute Gasteiger partial charge is 0.134 e. The first kappa shape index (κ1) is 17.2. The number of aromatic nitrogens is 2. The van der Waals surface area contributed by atoms with Gasteiger partial charge >= 0.3 is 0 Å². The summed E-state index contributed by atoms with van der Waals surface area (Å²) in [6, 6.07) is 1.79. The van der Waals surface area contributed by atoms with Gasteiger partial charge in [-0.3, -0.25) is 0 Å². The fourth-order valence-electron chi connectivity index (χ4n) is 2.07. The Morgan fingerprint density at radius 2 is 1.95 bits per heavy atom. The molecule has 0 amide bonds. The Labute approximate surface area is 127 Å². The molecule has 0 aromatic carbocycles. The van der Waals surface area contributed by atoms with Crippen LogP contribution in [0.25, 0.3) is 0 Å². The second-order valence-electron chi connectivity index (χ2n) is 5.40. The van der Waals surface area contributed by atoms with Gasteiger partial charge in [0.2, 0.25) is 0 Å². The fraction of sp³-hybridized carbons (Fsp3) is 0.733. The van der Waals surface area contributed by atoms with E-state index < -0.39 is 0 Å². The van der Waals surface area contributed by atoms with Crippen molar-refractivity contribution in [2.24, 2.45) is 5.92 Å². The third-order valence-electron chi connectivity index (χ3n) is 3.18. The standard InChI is InChI=1S/C15H27ClN4/c1-5-20(6-2)9-7-8-17-14-11-13(16)18-15(19-14)10-12(3)4/h11-12H,5-10H2,1-4H3,(H,17,18,19). The highest BCUT2D eigenvalue weighted by molar-refractivity contribution is 6.29. The van der Waals surface area contributed by atoms with E-state index in [-0.39, 0.29) is 0 Å². The molecule has 0 aliphatic carbocycles. The van der Waals surface area contributed by atoms with E-state index in [1.165, 1.54) is 0 Å². The largest absolute Gasteiger partial charge is 0.370 e. The summed E-state index contributed by atoms with van der Waals surface area (Å²) in [6.07, 6.45) is 1.96. The highest BCUT2D eigenvalue weighted by atomic mass is 35.5. The average Bonchev–Trinajstić information content (AvgIpc) is 2.37. The van der Waals surface area contributed by atoms with Crippen LogP contribution in [0.2, 0.25) is 5.15 Å². The van der Waals surface area contributed by atoms with Crippen LogP contribution in [0, 0.1) is 5.92 Å². The first-order valence-corrected chi connectivity index (χ1v) is 7.92. The van der Waals surface area contributed by atoms with E-state index in [1.54, 1.807) is 6.07 Å². The van der Waals surface area contributed by atoms with Crippen molar-refractivity contribution in [1.82, 2.24) is 14.9 Å². The van der Waals surface area contributed by atoms with Crippen LogP contribution in [0.15, 0.2) is 6.07 Å². The van der Waals surface area contributed by atoms with Crippen molar-refractivity contribution in [3.05, 3.63) is 17.0 Å². The van der Waals surface area contributed by atoms with Gasteiger partial charge in [-0.1, -0.05) is 39.3 Å². The summed E-state index contributed by atoms with van der Waals surface area (Å²) in [7, 11) is 0. The minimum Gasteiger partial charge on any atom is -0.370 e. The number of hydrogen-bond acceptors (Lipinski definition) is 4. The van der Waals surface area contributed by atoms with Crippen LogP contribution in [-0.4, -0.2) is 41.0 Å². The quantitative estimate of drug-likeness (QED) is 0.560. The molecule has 1 rings (SSSR count). The van der Waals surface area contributed by atoms with E-state index in [0.29, 0.717) is 11.1 Å². The number of hydrogen-bond donors (Lipinski definition) is 1. The van der Waals surface area contributed by atoms with Gasteiger partial charge in [-0.05, 0) is 32.0 Å². The molecule has 0 atom stereocenters. The summed E-state index contributed by atoms with van der Waals surface area (Å²) in [4.78, 5) is 11.2. The number of halogens is 1. The van der Waals surface area contributed by atoms with Crippen molar-refractivity contribution in [3.8, 4) is 0 Å². The first-order chi connectivity index (χ1) is 9.55. The van der Waals surface area contributed by atoms with Crippen molar-refractivity contribution >= 4 is 17.4 Å². The topological polar surface area (TPSA) is 41.0 Å². The molecule has 1 N–H and O–H groups in total. The lowest BCUT2D eigenvalue weighted by Gasteiger charge is -2.17. The maximum absolute atomic E-state index is 6.04. The molecule has 0 radical (unpaired) electrons. The zero-order valence-electron chi connectivity index (χ0n) is 13.1. The maximum atomic E-state index is 6.04. The van der Waals surface area contributed by atoms with E-state index in [0.717, 1.165) is 50.7 Å². The molecule has 0 saturated carbocycles. The monoisotopic (exact) mass is 298 g/mol. The molecule has 0 saturated heterocycles. The minimum atomic E-state index is 0.516. The molecular weight excluding hydrogens is 272 g/mol. The molecule has 1 heterocycles. The lowest BCUT2D eigenvalue weighted by molar-refractivity contribution is 0.303. The zero-order chi connectivity index (χ0) is 15.0. The second kappa shape index (κ2) is 9.14. The normalized spacial score (nSPS) is 11.3. The molecule has 0 aliphatic heterocycles. The number of rotatable bonds is 9. The molecule has 4 nitrogen and oxygen atoms in total. The van der Waals surface area contributed by atoms with E-state index in [1.807, 2.05) is 0 Å². The summed E-state index contributed by atoms with van der Waals surface area (Å²) in [5.41, 5.74) is 0. The van der Waals surface area contributed by atoms with Crippen molar-refractivity contribution in [3.63, 3.8) is 0 Å². The van der Waals surface area contributed by atoms with Crippen molar-refractivity contribution in [2.75, 3.05) is 31.5 Å². The van der Waals surface area contributed by atoms with E-state index >= 15 is 0 Å². The first-order valence-electron chi connectivity index (χ1n) is 7.54. The van der Waals surface area contributed by atoms with Gasteiger partial charge in [-0.25, -0.2) is 9.97 Å². The number of nitrogens with one attached hydrogen (secondary N) is 1. The molecule has 0 bridgehead atoms. The molecule has 5 heteroatoms. The van der Waals surface area contributed by atoms with Crippen LogP contribution in [-0.2, 0) is 6.42 Å². The molecule has 0 fully saturated rings. The zero-order valence-corrected chi connectivity index (χ0v) is 13.9. The second-order valence-corrected chi connectivity index (χ2v) is 5.78. The lowest BCUT2D eigenvalue weighted by atomic mass is 10.1. The Bertz CT molecular complexity index is 391. The van der Waals surface area contributed by atoms with Crippen LogP contribution in [0.5, 0.6) is 0 Å². The van der Waals surface area contributed by atoms with Gasteiger partial charge in [-0.15, -0.1) is 0 Å². The van der Waals surface area contributed by atoms with E-state index in [9.17, 15) is 0 Å². The fourth-order valence-corrected chi connectivity index (χ4v) is 2.27. The SMILES string of the molecule is CCN(CC)CCCNc1cc(Cl)nc(CC(C)C)n1. The Morgan fingerprint density at radius 3 is 2.55 bits per heavy atom. The summed E-state index contributed by atoms with van der Waals surface area (Å²) in [5, 5.41) is 3.86. The summed E-state index contributed by atoms with van der Waals surface area (Å²) in [6.45, 7) is 12.9. The van der Waals surface area contributed by atoms with Gasteiger partial charge in [0.05, 0.1) is 0 Å². The predicted octanol–water partition coefficient (Wildman–Crippen LogP) is 3.47. The van der Waals surface area contributed by atoms with Crippen molar-refractivity contribution in [2.45, 2.75) is 40.5 Å².